The third kappa shape index (κ3) is 2.67. The highest BCUT2D eigenvalue weighted by atomic mass is 32.2. The molecule has 3 aromatic heterocycles. The average molecular weight is 362 g/mol. The molecule has 0 aromatic carbocycles. The van der Waals surface area contributed by atoms with Gasteiger partial charge in [-0.2, -0.15) is 0 Å². The number of hydrogen-bond acceptors (Lipinski definition) is 7. The highest BCUT2D eigenvalue weighted by Gasteiger charge is 2.24. The number of rotatable bonds is 4. The molecular weight excluding hydrogens is 344 g/mol. The van der Waals surface area contributed by atoms with E-state index in [9.17, 15) is 4.79 Å². The maximum Gasteiger partial charge on any atom is 0.316 e. The second-order valence-corrected chi connectivity index (χ2v) is 8.07. The monoisotopic (exact) mass is 362 g/mol. The number of aromatic nitrogens is 4. The molecule has 4 rings (SSSR count). The van der Waals surface area contributed by atoms with Crippen molar-refractivity contribution in [2.45, 2.75) is 38.3 Å². The lowest BCUT2D eigenvalue weighted by Gasteiger charge is -2.17. The van der Waals surface area contributed by atoms with Gasteiger partial charge < -0.3 is 4.74 Å². The molecule has 0 saturated carbocycles. The first-order valence-electron chi connectivity index (χ1n) is 8.09. The number of esters is 1. The van der Waals surface area contributed by atoms with Crippen molar-refractivity contribution in [2.24, 2.45) is 5.92 Å². The van der Waals surface area contributed by atoms with Crippen LogP contribution in [-0.2, 0) is 22.4 Å². The molecule has 8 heteroatoms. The van der Waals surface area contributed by atoms with Crippen LogP contribution in [0.3, 0.4) is 0 Å². The summed E-state index contributed by atoms with van der Waals surface area (Å²) in [6.07, 6.45) is 5.17. The highest BCUT2D eigenvalue weighted by Crippen LogP contribution is 2.39. The standard InChI is InChI=1S/C16H18N4O2S2/c1-3-22-12(21)7-23-16-19-18-14-13-10-5-4-9(2)6-11(10)24-15(13)17-8-20(14)16/h8-9H,3-7H2,1-2H3. The summed E-state index contributed by atoms with van der Waals surface area (Å²) in [5, 5.41) is 10.4. The molecule has 0 radical (unpaired) electrons. The van der Waals surface area contributed by atoms with Crippen molar-refractivity contribution in [1.29, 1.82) is 0 Å². The first-order valence-corrected chi connectivity index (χ1v) is 9.90. The van der Waals surface area contributed by atoms with E-state index in [4.69, 9.17) is 4.74 Å². The molecule has 24 heavy (non-hydrogen) atoms. The topological polar surface area (TPSA) is 69.4 Å². The van der Waals surface area contributed by atoms with Gasteiger partial charge in [0.15, 0.2) is 10.8 Å². The van der Waals surface area contributed by atoms with Crippen LogP contribution in [0.2, 0.25) is 0 Å². The molecule has 0 bridgehead atoms. The van der Waals surface area contributed by atoms with Crippen LogP contribution in [-0.4, -0.2) is 37.9 Å². The summed E-state index contributed by atoms with van der Waals surface area (Å²) in [5.74, 6) is 0.719. The summed E-state index contributed by atoms with van der Waals surface area (Å²) < 4.78 is 6.85. The predicted octanol–water partition coefficient (Wildman–Crippen LogP) is 3.12. The summed E-state index contributed by atoms with van der Waals surface area (Å²) in [5.41, 5.74) is 2.24. The Hall–Kier alpha value is -1.67. The quantitative estimate of drug-likeness (QED) is 0.525. The molecule has 0 fully saturated rings. The number of thioether (sulfide) groups is 1. The molecule has 1 aliphatic rings. The Labute approximate surface area is 147 Å². The molecule has 0 amide bonds. The van der Waals surface area contributed by atoms with Gasteiger partial charge in [0.25, 0.3) is 0 Å². The van der Waals surface area contributed by atoms with Crippen LogP contribution >= 0.6 is 23.1 Å². The van der Waals surface area contributed by atoms with E-state index in [0.717, 1.165) is 34.6 Å². The highest BCUT2D eigenvalue weighted by molar-refractivity contribution is 7.99. The number of ether oxygens (including phenoxy) is 1. The lowest BCUT2D eigenvalue weighted by atomic mass is 9.89. The fraction of sp³-hybridized carbons (Fsp3) is 0.500. The van der Waals surface area contributed by atoms with E-state index in [-0.39, 0.29) is 11.7 Å². The first-order chi connectivity index (χ1) is 11.7. The van der Waals surface area contributed by atoms with Crippen LogP contribution in [0.1, 0.15) is 30.7 Å². The maximum atomic E-state index is 11.6. The van der Waals surface area contributed by atoms with E-state index in [1.54, 1.807) is 24.6 Å². The van der Waals surface area contributed by atoms with Crippen LogP contribution < -0.4 is 0 Å². The number of aryl methyl sites for hydroxylation is 1. The number of carbonyl (C=O) groups excluding carboxylic acids is 1. The minimum Gasteiger partial charge on any atom is -0.465 e. The van der Waals surface area contributed by atoms with Gasteiger partial charge in [-0.1, -0.05) is 18.7 Å². The molecule has 1 atom stereocenters. The lowest BCUT2D eigenvalue weighted by Crippen LogP contribution is -2.08. The van der Waals surface area contributed by atoms with Crippen LogP contribution in [0.15, 0.2) is 11.5 Å². The largest absolute Gasteiger partial charge is 0.465 e. The van der Waals surface area contributed by atoms with Crippen molar-refractivity contribution in [3.8, 4) is 0 Å². The van der Waals surface area contributed by atoms with Crippen molar-refractivity contribution >= 4 is 44.9 Å². The Morgan fingerprint density at radius 1 is 1.50 bits per heavy atom. The zero-order valence-electron chi connectivity index (χ0n) is 13.6. The van der Waals surface area contributed by atoms with Gasteiger partial charge in [-0.05, 0) is 37.7 Å². The number of hydrogen-bond donors (Lipinski definition) is 0. The third-order valence-corrected chi connectivity index (χ3v) is 6.38. The van der Waals surface area contributed by atoms with Crippen molar-refractivity contribution in [3.05, 3.63) is 16.8 Å². The Morgan fingerprint density at radius 3 is 3.21 bits per heavy atom. The minimum atomic E-state index is -0.241. The van der Waals surface area contributed by atoms with Crippen LogP contribution in [0.25, 0.3) is 15.9 Å². The zero-order chi connectivity index (χ0) is 16.7. The fourth-order valence-corrected chi connectivity index (χ4v) is 5.19. The van der Waals surface area contributed by atoms with Gasteiger partial charge >= 0.3 is 5.97 Å². The van der Waals surface area contributed by atoms with Gasteiger partial charge in [-0.3, -0.25) is 9.20 Å². The third-order valence-electron chi connectivity index (χ3n) is 4.30. The van der Waals surface area contributed by atoms with Crippen molar-refractivity contribution < 1.29 is 9.53 Å². The van der Waals surface area contributed by atoms with E-state index < -0.39 is 0 Å². The number of thiophene rings is 1. The molecule has 6 nitrogen and oxygen atoms in total. The number of carbonyl (C=O) groups is 1. The molecule has 3 heterocycles. The summed E-state index contributed by atoms with van der Waals surface area (Å²) in [7, 11) is 0. The summed E-state index contributed by atoms with van der Waals surface area (Å²) in [4.78, 5) is 18.6. The molecule has 0 spiro atoms. The summed E-state index contributed by atoms with van der Waals surface area (Å²) in [6.45, 7) is 4.50. The second kappa shape index (κ2) is 6.33. The second-order valence-electron chi connectivity index (χ2n) is 6.05. The van der Waals surface area contributed by atoms with Gasteiger partial charge in [0.2, 0.25) is 0 Å². The molecule has 0 N–H and O–H groups in total. The van der Waals surface area contributed by atoms with Gasteiger partial charge in [-0.25, -0.2) is 4.98 Å². The normalized spacial score (nSPS) is 17.3. The molecule has 1 unspecified atom stereocenters. The average Bonchev–Trinajstić information content (AvgIpc) is 3.12. The molecular formula is C16H18N4O2S2. The van der Waals surface area contributed by atoms with Gasteiger partial charge in [-0.15, -0.1) is 21.5 Å². The lowest BCUT2D eigenvalue weighted by molar-refractivity contribution is -0.139. The molecule has 0 saturated heterocycles. The van der Waals surface area contributed by atoms with E-state index >= 15 is 0 Å². The first kappa shape index (κ1) is 15.8. The zero-order valence-corrected chi connectivity index (χ0v) is 15.2. The number of fused-ring (bicyclic) bond motifs is 5. The summed E-state index contributed by atoms with van der Waals surface area (Å²) >= 11 is 3.11. The Kier molecular flexibility index (Phi) is 4.17. The SMILES string of the molecule is CCOC(=O)CSc1nnc2c3c4c(sc3ncn12)CC(C)CC4. The molecule has 126 valence electrons. The minimum absolute atomic E-state index is 0.228. The predicted molar refractivity (Wildman–Crippen MR) is 94.7 cm³/mol. The van der Waals surface area contributed by atoms with E-state index in [1.165, 1.54) is 28.6 Å². The van der Waals surface area contributed by atoms with Crippen LogP contribution in [0.5, 0.6) is 0 Å². The van der Waals surface area contributed by atoms with E-state index in [2.05, 4.69) is 22.1 Å². The van der Waals surface area contributed by atoms with E-state index in [1.807, 2.05) is 4.40 Å². The maximum absolute atomic E-state index is 11.6. The van der Waals surface area contributed by atoms with Gasteiger partial charge in [0.1, 0.15) is 11.2 Å². The van der Waals surface area contributed by atoms with Gasteiger partial charge in [0, 0.05) is 4.88 Å². The molecule has 0 aliphatic heterocycles. The molecule has 3 aromatic rings. The van der Waals surface area contributed by atoms with Crippen LogP contribution in [0, 0.1) is 5.92 Å². The summed E-state index contributed by atoms with van der Waals surface area (Å²) in [6, 6.07) is 0. The van der Waals surface area contributed by atoms with Crippen molar-refractivity contribution in [3.63, 3.8) is 0 Å². The Bertz CT molecular complexity index is 918. The fourth-order valence-electron chi connectivity index (χ4n) is 3.14. The Morgan fingerprint density at radius 2 is 2.38 bits per heavy atom. The van der Waals surface area contributed by atoms with Gasteiger partial charge in [0.05, 0.1) is 17.7 Å². The van der Waals surface area contributed by atoms with Crippen LogP contribution in [0.4, 0.5) is 0 Å². The van der Waals surface area contributed by atoms with E-state index in [0.29, 0.717) is 11.8 Å². The smallest absolute Gasteiger partial charge is 0.316 e. The molecule has 1 aliphatic carbocycles. The number of nitrogens with zero attached hydrogens (tertiary/aromatic N) is 4. The van der Waals surface area contributed by atoms with Crippen molar-refractivity contribution in [2.75, 3.05) is 12.4 Å². The van der Waals surface area contributed by atoms with Crippen molar-refractivity contribution in [1.82, 2.24) is 19.6 Å². The Balaban J connectivity index is 1.73.